The van der Waals surface area contributed by atoms with E-state index in [1.165, 1.54) is 0 Å². The lowest BCUT2D eigenvalue weighted by atomic mass is 10.2. The number of nitrogens with two attached hydrogens (primary N) is 1. The van der Waals surface area contributed by atoms with Gasteiger partial charge in [0.05, 0.1) is 22.9 Å². The molecule has 0 aliphatic heterocycles. The second-order valence-corrected chi connectivity index (χ2v) is 6.04. The first-order valence-electron chi connectivity index (χ1n) is 5.67. The van der Waals surface area contributed by atoms with E-state index in [2.05, 4.69) is 20.9 Å². The van der Waals surface area contributed by atoms with Gasteiger partial charge in [0.1, 0.15) is 10.8 Å². The molecule has 0 saturated heterocycles. The van der Waals surface area contributed by atoms with Crippen molar-refractivity contribution in [2.45, 2.75) is 0 Å². The Bertz CT molecular complexity index is 754. The third kappa shape index (κ3) is 2.31. The quantitative estimate of drug-likeness (QED) is 0.710. The topological polar surface area (TPSA) is 48.1 Å². The monoisotopic (exact) mass is 334 g/mol. The predicted molar refractivity (Wildman–Crippen MR) is 83.7 cm³/mol. The molecule has 5 heteroatoms. The molecule has 3 rings (SSSR count). The van der Waals surface area contributed by atoms with Gasteiger partial charge in [0, 0.05) is 10.2 Å². The summed E-state index contributed by atoms with van der Waals surface area (Å²) in [5.74, 6) is 0.807. The number of hydrogen-bond acceptors (Lipinski definition) is 4. The summed E-state index contributed by atoms with van der Waals surface area (Å²) in [5, 5.41) is 0.935. The highest BCUT2D eigenvalue weighted by Crippen LogP contribution is 2.37. The Morgan fingerprint density at radius 1 is 1.21 bits per heavy atom. The minimum atomic E-state index is 0.755. The van der Waals surface area contributed by atoms with Crippen LogP contribution in [0.2, 0.25) is 0 Å². The van der Waals surface area contributed by atoms with E-state index in [0.717, 1.165) is 36.7 Å². The Balaban J connectivity index is 2.18. The number of anilines is 1. The van der Waals surface area contributed by atoms with Crippen molar-refractivity contribution in [3.8, 4) is 16.3 Å². The van der Waals surface area contributed by atoms with E-state index in [1.807, 2.05) is 36.4 Å². The average molecular weight is 335 g/mol. The summed E-state index contributed by atoms with van der Waals surface area (Å²) in [5.41, 5.74) is 8.50. The third-order valence-corrected chi connectivity index (χ3v) is 4.35. The Hall–Kier alpha value is -1.59. The zero-order valence-electron chi connectivity index (χ0n) is 10.2. The molecule has 19 heavy (non-hydrogen) atoms. The number of methoxy groups -OCH3 is 1. The lowest BCUT2D eigenvalue weighted by molar-refractivity contribution is 0.416. The number of benzene rings is 2. The van der Waals surface area contributed by atoms with Crippen LogP contribution in [0, 0.1) is 0 Å². The molecule has 0 radical (unpaired) electrons. The molecule has 1 aromatic heterocycles. The van der Waals surface area contributed by atoms with Crippen molar-refractivity contribution in [1.82, 2.24) is 4.98 Å². The highest BCUT2D eigenvalue weighted by molar-refractivity contribution is 9.10. The van der Waals surface area contributed by atoms with E-state index < -0.39 is 0 Å². The van der Waals surface area contributed by atoms with E-state index >= 15 is 0 Å². The number of ether oxygens (including phenoxy) is 1. The number of aromatic nitrogens is 1. The molecule has 2 aromatic carbocycles. The molecule has 0 spiro atoms. The van der Waals surface area contributed by atoms with Crippen LogP contribution >= 0.6 is 27.3 Å². The molecule has 1 heterocycles. The predicted octanol–water partition coefficient (Wildman–Crippen LogP) is 4.32. The molecule has 0 amide bonds. The minimum Gasteiger partial charge on any atom is -0.496 e. The van der Waals surface area contributed by atoms with Gasteiger partial charge in [0.25, 0.3) is 0 Å². The third-order valence-electron chi connectivity index (χ3n) is 2.81. The van der Waals surface area contributed by atoms with E-state index in [-0.39, 0.29) is 0 Å². The van der Waals surface area contributed by atoms with Gasteiger partial charge in [-0.3, -0.25) is 0 Å². The standard InChI is InChI=1S/C14H11BrN2OS/c1-18-12-6-8(15)2-4-10(12)14-17-11-5-3-9(16)7-13(11)19-14/h2-7H,16H2,1H3. The number of nitrogen functional groups attached to an aromatic ring is 1. The zero-order chi connectivity index (χ0) is 13.4. The van der Waals surface area contributed by atoms with Gasteiger partial charge >= 0.3 is 0 Å². The van der Waals surface area contributed by atoms with Gasteiger partial charge in [-0.2, -0.15) is 0 Å². The average Bonchev–Trinajstić information content (AvgIpc) is 2.81. The smallest absolute Gasteiger partial charge is 0.130 e. The number of fused-ring (bicyclic) bond motifs is 1. The van der Waals surface area contributed by atoms with Gasteiger partial charge in [0.2, 0.25) is 0 Å². The summed E-state index contributed by atoms with van der Waals surface area (Å²) in [6, 6.07) is 11.7. The fourth-order valence-electron chi connectivity index (χ4n) is 1.90. The van der Waals surface area contributed by atoms with Crippen molar-refractivity contribution in [1.29, 1.82) is 0 Å². The maximum absolute atomic E-state index is 5.80. The first kappa shape index (κ1) is 12.4. The number of rotatable bonds is 2. The number of halogens is 1. The Kier molecular flexibility index (Phi) is 3.16. The van der Waals surface area contributed by atoms with E-state index in [4.69, 9.17) is 10.5 Å². The van der Waals surface area contributed by atoms with Crippen LogP contribution in [0.4, 0.5) is 5.69 Å². The lowest BCUT2D eigenvalue weighted by Gasteiger charge is -2.05. The van der Waals surface area contributed by atoms with E-state index in [1.54, 1.807) is 18.4 Å². The molecule has 3 nitrogen and oxygen atoms in total. The van der Waals surface area contributed by atoms with Gasteiger partial charge in [-0.1, -0.05) is 15.9 Å². The summed E-state index contributed by atoms with van der Waals surface area (Å²) >= 11 is 5.05. The zero-order valence-corrected chi connectivity index (χ0v) is 12.6. The molecule has 0 bridgehead atoms. The fraction of sp³-hybridized carbons (Fsp3) is 0.0714. The Morgan fingerprint density at radius 3 is 2.84 bits per heavy atom. The van der Waals surface area contributed by atoms with Gasteiger partial charge < -0.3 is 10.5 Å². The number of hydrogen-bond donors (Lipinski definition) is 1. The fourth-order valence-corrected chi connectivity index (χ4v) is 3.28. The SMILES string of the molecule is COc1cc(Br)ccc1-c1nc2ccc(N)cc2s1. The molecule has 0 aliphatic carbocycles. The largest absolute Gasteiger partial charge is 0.496 e. The normalized spacial score (nSPS) is 10.8. The van der Waals surface area contributed by atoms with Gasteiger partial charge in [-0.25, -0.2) is 4.98 Å². The van der Waals surface area contributed by atoms with Crippen molar-refractivity contribution in [2.75, 3.05) is 12.8 Å². The lowest BCUT2D eigenvalue weighted by Crippen LogP contribution is -1.87. The highest BCUT2D eigenvalue weighted by Gasteiger charge is 2.11. The van der Waals surface area contributed by atoms with Crippen LogP contribution in [0.1, 0.15) is 0 Å². The van der Waals surface area contributed by atoms with Crippen molar-refractivity contribution in [3.05, 3.63) is 40.9 Å². The summed E-state index contributed by atoms with van der Waals surface area (Å²) in [7, 11) is 1.66. The van der Waals surface area contributed by atoms with Crippen LogP contribution < -0.4 is 10.5 Å². The van der Waals surface area contributed by atoms with Crippen LogP contribution in [0.5, 0.6) is 5.75 Å². The number of nitrogens with zero attached hydrogens (tertiary/aromatic N) is 1. The van der Waals surface area contributed by atoms with Gasteiger partial charge in [0.15, 0.2) is 0 Å². The molecule has 0 fully saturated rings. The molecular formula is C14H11BrN2OS. The molecule has 96 valence electrons. The molecule has 0 atom stereocenters. The Morgan fingerprint density at radius 2 is 2.05 bits per heavy atom. The second-order valence-electron chi connectivity index (χ2n) is 4.09. The molecule has 0 aliphatic rings. The number of thiazole rings is 1. The van der Waals surface area contributed by atoms with Crippen LogP contribution in [0.25, 0.3) is 20.8 Å². The van der Waals surface area contributed by atoms with E-state index in [0.29, 0.717) is 0 Å². The summed E-state index contributed by atoms with van der Waals surface area (Å²) in [6.07, 6.45) is 0. The molecule has 2 N–H and O–H groups in total. The maximum Gasteiger partial charge on any atom is 0.130 e. The van der Waals surface area contributed by atoms with Gasteiger partial charge in [-0.15, -0.1) is 11.3 Å². The van der Waals surface area contributed by atoms with Crippen molar-refractivity contribution in [2.24, 2.45) is 0 Å². The van der Waals surface area contributed by atoms with Crippen molar-refractivity contribution < 1.29 is 4.74 Å². The van der Waals surface area contributed by atoms with Crippen LogP contribution in [0.3, 0.4) is 0 Å². The first-order chi connectivity index (χ1) is 9.17. The maximum atomic E-state index is 5.80. The summed E-state index contributed by atoms with van der Waals surface area (Å²) in [6.45, 7) is 0. The van der Waals surface area contributed by atoms with Gasteiger partial charge in [-0.05, 0) is 36.4 Å². The molecule has 0 saturated carbocycles. The molecule has 3 aromatic rings. The molecule has 0 unspecified atom stereocenters. The summed E-state index contributed by atoms with van der Waals surface area (Å²) in [4.78, 5) is 4.63. The second kappa shape index (κ2) is 4.83. The van der Waals surface area contributed by atoms with Crippen LogP contribution in [0.15, 0.2) is 40.9 Å². The van der Waals surface area contributed by atoms with Crippen LogP contribution in [-0.2, 0) is 0 Å². The highest BCUT2D eigenvalue weighted by atomic mass is 79.9. The first-order valence-corrected chi connectivity index (χ1v) is 7.28. The minimum absolute atomic E-state index is 0.755. The molecular weight excluding hydrogens is 324 g/mol. The Labute approximate surface area is 123 Å². The van der Waals surface area contributed by atoms with E-state index in [9.17, 15) is 0 Å². The van der Waals surface area contributed by atoms with Crippen molar-refractivity contribution in [3.63, 3.8) is 0 Å². The summed E-state index contributed by atoms with van der Waals surface area (Å²) < 4.78 is 7.48. The van der Waals surface area contributed by atoms with Crippen LogP contribution in [-0.4, -0.2) is 12.1 Å². The van der Waals surface area contributed by atoms with Crippen molar-refractivity contribution >= 4 is 43.2 Å².